The van der Waals surface area contributed by atoms with E-state index in [0.29, 0.717) is 16.0 Å². The van der Waals surface area contributed by atoms with E-state index < -0.39 is 0 Å². The first-order valence-corrected chi connectivity index (χ1v) is 7.28. The summed E-state index contributed by atoms with van der Waals surface area (Å²) in [5.41, 5.74) is 2.54. The van der Waals surface area contributed by atoms with Crippen molar-refractivity contribution >= 4 is 28.8 Å². The molecule has 0 spiro atoms. The van der Waals surface area contributed by atoms with Crippen molar-refractivity contribution in [3.05, 3.63) is 44.9 Å². The number of amides is 1. The zero-order valence-electron chi connectivity index (χ0n) is 10.2. The van der Waals surface area contributed by atoms with Crippen molar-refractivity contribution in [1.82, 2.24) is 15.1 Å². The molecule has 2 heterocycles. The second-order valence-electron chi connectivity index (χ2n) is 4.46. The van der Waals surface area contributed by atoms with Gasteiger partial charge in [0, 0.05) is 13.1 Å². The van der Waals surface area contributed by atoms with Gasteiger partial charge in [0.25, 0.3) is 5.91 Å². The summed E-state index contributed by atoms with van der Waals surface area (Å²) in [6, 6.07) is 8.26. The first-order valence-electron chi connectivity index (χ1n) is 6.09. The fourth-order valence-electron chi connectivity index (χ4n) is 2.30. The van der Waals surface area contributed by atoms with Gasteiger partial charge in [-0.2, -0.15) is 0 Å². The van der Waals surface area contributed by atoms with E-state index >= 15 is 0 Å². The molecule has 0 saturated heterocycles. The number of benzene rings is 1. The van der Waals surface area contributed by atoms with E-state index in [1.165, 1.54) is 11.1 Å². The first kappa shape index (κ1) is 12.6. The zero-order chi connectivity index (χ0) is 13.2. The number of nitrogens with zero attached hydrogens (tertiary/aromatic N) is 3. The lowest BCUT2D eigenvalue weighted by atomic mass is 10.0. The molecule has 4 nitrogen and oxygen atoms in total. The van der Waals surface area contributed by atoms with Crippen LogP contribution in [0.15, 0.2) is 24.3 Å². The smallest absolute Gasteiger partial charge is 0.285 e. The molecule has 1 amide bonds. The highest BCUT2D eigenvalue weighted by Gasteiger charge is 2.22. The number of halogens is 1. The first-order chi connectivity index (χ1) is 9.24. The molecular weight excluding hydrogens is 282 g/mol. The van der Waals surface area contributed by atoms with E-state index in [0.717, 1.165) is 30.7 Å². The monoisotopic (exact) mass is 293 g/mol. The van der Waals surface area contributed by atoms with Crippen LogP contribution in [0.5, 0.6) is 0 Å². The number of rotatable bonds is 1. The second kappa shape index (κ2) is 5.27. The van der Waals surface area contributed by atoms with Crippen LogP contribution in [0.4, 0.5) is 0 Å². The Bertz CT molecular complexity index is 613. The van der Waals surface area contributed by atoms with Crippen LogP contribution in [0.2, 0.25) is 4.47 Å². The van der Waals surface area contributed by atoms with E-state index in [4.69, 9.17) is 11.6 Å². The van der Waals surface area contributed by atoms with Crippen LogP contribution in [-0.2, 0) is 13.0 Å². The fourth-order valence-corrected chi connectivity index (χ4v) is 3.10. The minimum atomic E-state index is -0.0823. The molecule has 0 unspecified atom stereocenters. The minimum Gasteiger partial charge on any atom is -0.332 e. The molecule has 3 rings (SSSR count). The quantitative estimate of drug-likeness (QED) is 0.812. The van der Waals surface area contributed by atoms with Crippen LogP contribution in [0, 0.1) is 0 Å². The molecule has 1 aliphatic rings. The lowest BCUT2D eigenvalue weighted by Crippen LogP contribution is -2.30. The van der Waals surface area contributed by atoms with Crippen molar-refractivity contribution in [2.75, 3.05) is 6.54 Å². The third-order valence-electron chi connectivity index (χ3n) is 3.22. The Morgan fingerprint density at radius 2 is 2.05 bits per heavy atom. The summed E-state index contributed by atoms with van der Waals surface area (Å²) in [5, 5.41) is 7.87. The summed E-state index contributed by atoms with van der Waals surface area (Å²) in [4.78, 5) is 14.2. The molecule has 0 saturated carbocycles. The molecule has 0 fully saturated rings. The third kappa shape index (κ3) is 2.62. The highest BCUT2D eigenvalue weighted by atomic mass is 35.5. The predicted octanol–water partition coefficient (Wildman–Crippen LogP) is 2.78. The summed E-state index contributed by atoms with van der Waals surface area (Å²) >= 11 is 6.86. The third-order valence-corrected chi connectivity index (χ3v) is 4.23. The van der Waals surface area contributed by atoms with Gasteiger partial charge in [-0.25, -0.2) is 0 Å². The fraction of sp³-hybridized carbons (Fsp3) is 0.308. The van der Waals surface area contributed by atoms with Gasteiger partial charge in [0.1, 0.15) is 0 Å². The summed E-state index contributed by atoms with van der Waals surface area (Å²) in [5.74, 6) is -0.0823. The van der Waals surface area contributed by atoms with E-state index in [9.17, 15) is 4.79 Å². The molecule has 0 bridgehead atoms. The van der Waals surface area contributed by atoms with Gasteiger partial charge in [0.2, 0.25) is 9.47 Å². The number of aromatic nitrogens is 2. The van der Waals surface area contributed by atoms with E-state index in [1.54, 1.807) is 0 Å². The van der Waals surface area contributed by atoms with Crippen LogP contribution in [0.1, 0.15) is 27.3 Å². The Labute approximate surface area is 120 Å². The largest absolute Gasteiger partial charge is 0.332 e. The maximum Gasteiger partial charge on any atom is 0.285 e. The molecule has 1 aromatic carbocycles. The summed E-state index contributed by atoms with van der Waals surface area (Å²) in [6.45, 7) is 1.37. The number of carbonyl (C=O) groups is 1. The van der Waals surface area contributed by atoms with Gasteiger partial charge < -0.3 is 4.90 Å². The molecule has 1 aliphatic heterocycles. The highest BCUT2D eigenvalue weighted by Crippen LogP contribution is 2.22. The van der Waals surface area contributed by atoms with Gasteiger partial charge in [-0.15, -0.1) is 10.2 Å². The van der Waals surface area contributed by atoms with Crippen molar-refractivity contribution in [2.45, 2.75) is 19.4 Å². The Kier molecular flexibility index (Phi) is 3.48. The molecule has 19 heavy (non-hydrogen) atoms. The average molecular weight is 294 g/mol. The molecule has 0 radical (unpaired) electrons. The average Bonchev–Trinajstić information content (AvgIpc) is 2.74. The number of hydrogen-bond acceptors (Lipinski definition) is 4. The Morgan fingerprint density at radius 1 is 1.26 bits per heavy atom. The van der Waals surface area contributed by atoms with Crippen molar-refractivity contribution in [1.29, 1.82) is 0 Å². The van der Waals surface area contributed by atoms with Crippen LogP contribution in [-0.4, -0.2) is 27.5 Å². The van der Waals surface area contributed by atoms with Gasteiger partial charge in [0.15, 0.2) is 0 Å². The lowest BCUT2D eigenvalue weighted by molar-refractivity contribution is 0.0744. The molecule has 0 N–H and O–H groups in total. The molecule has 98 valence electrons. The van der Waals surface area contributed by atoms with Crippen LogP contribution in [0.3, 0.4) is 0 Å². The molecule has 0 atom stereocenters. The lowest BCUT2D eigenvalue weighted by Gasteiger charge is -2.19. The number of aryl methyl sites for hydroxylation is 1. The Hall–Kier alpha value is -1.46. The minimum absolute atomic E-state index is 0.0823. The number of hydrogen-bond donors (Lipinski definition) is 0. The maximum absolute atomic E-state index is 12.4. The molecule has 1 aromatic heterocycles. The predicted molar refractivity (Wildman–Crippen MR) is 74.4 cm³/mol. The molecule has 0 aliphatic carbocycles. The Morgan fingerprint density at radius 3 is 2.79 bits per heavy atom. The van der Waals surface area contributed by atoms with Crippen LogP contribution >= 0.6 is 22.9 Å². The van der Waals surface area contributed by atoms with Crippen molar-refractivity contribution in [2.24, 2.45) is 0 Å². The molecule has 2 aromatic rings. The number of carbonyl (C=O) groups excluding carboxylic acids is 1. The molecule has 6 heteroatoms. The van der Waals surface area contributed by atoms with Crippen LogP contribution in [0.25, 0.3) is 0 Å². The van der Waals surface area contributed by atoms with Crippen molar-refractivity contribution in [3.8, 4) is 0 Å². The topological polar surface area (TPSA) is 46.1 Å². The summed E-state index contributed by atoms with van der Waals surface area (Å²) < 4.78 is 0.304. The van der Waals surface area contributed by atoms with Gasteiger partial charge in [-0.05, 0) is 35.6 Å². The second-order valence-corrected chi connectivity index (χ2v) is 6.02. The zero-order valence-corrected chi connectivity index (χ0v) is 11.7. The van der Waals surface area contributed by atoms with Crippen LogP contribution < -0.4 is 0 Å². The van der Waals surface area contributed by atoms with E-state index in [1.807, 2.05) is 17.0 Å². The molecular formula is C13H12ClN3OS. The van der Waals surface area contributed by atoms with Gasteiger partial charge >= 0.3 is 0 Å². The maximum atomic E-state index is 12.4. The SMILES string of the molecule is O=C(c1nnc(Cl)s1)N1CCCc2ccccc2C1. The normalized spacial score (nSPS) is 14.9. The van der Waals surface area contributed by atoms with Gasteiger partial charge in [-0.3, -0.25) is 4.79 Å². The summed E-state index contributed by atoms with van der Waals surface area (Å²) in [7, 11) is 0. The highest BCUT2D eigenvalue weighted by molar-refractivity contribution is 7.17. The van der Waals surface area contributed by atoms with Crippen molar-refractivity contribution < 1.29 is 4.79 Å². The number of fused-ring (bicyclic) bond motifs is 1. The standard InChI is InChI=1S/C13H12ClN3OS/c14-13-16-15-11(19-13)12(18)17-7-3-6-9-4-1-2-5-10(9)8-17/h1-2,4-5H,3,6-8H2. The van der Waals surface area contributed by atoms with Gasteiger partial charge in [-0.1, -0.05) is 35.6 Å². The van der Waals surface area contributed by atoms with Crippen molar-refractivity contribution in [3.63, 3.8) is 0 Å². The summed E-state index contributed by atoms with van der Waals surface area (Å²) in [6.07, 6.45) is 1.98. The Balaban J connectivity index is 1.84. The van der Waals surface area contributed by atoms with Gasteiger partial charge in [0.05, 0.1) is 0 Å². The van der Waals surface area contributed by atoms with E-state index in [-0.39, 0.29) is 5.91 Å². The van der Waals surface area contributed by atoms with E-state index in [2.05, 4.69) is 22.3 Å².